The quantitative estimate of drug-likeness (QED) is 0.503. The molecule has 0 saturated carbocycles. The summed E-state index contributed by atoms with van der Waals surface area (Å²) in [5.74, 6) is 0. The summed E-state index contributed by atoms with van der Waals surface area (Å²) in [5.41, 5.74) is 1.68. The summed E-state index contributed by atoms with van der Waals surface area (Å²) < 4.78 is 6.14. The third-order valence-corrected chi connectivity index (χ3v) is 4.43. The number of thiazole rings is 1. The van der Waals surface area contributed by atoms with Gasteiger partial charge in [-0.3, -0.25) is 15.4 Å². The van der Waals surface area contributed by atoms with Crippen molar-refractivity contribution in [2.45, 2.75) is 26.4 Å². The lowest BCUT2D eigenvalue weighted by Gasteiger charge is -2.19. The number of non-ortho nitro benzene ring substituents is 1. The Morgan fingerprint density at radius 2 is 1.88 bits per heavy atom. The molecule has 26 heavy (non-hydrogen) atoms. The van der Waals surface area contributed by atoms with Crippen LogP contribution in [0.25, 0.3) is 20.8 Å². The molecule has 0 aliphatic heterocycles. The number of benzene rings is 2. The Kier molecular flexibility index (Phi) is 4.60. The topological polar surface area (TPSA) is 94.4 Å². The molecular weight excluding hydrogens is 354 g/mol. The van der Waals surface area contributed by atoms with Crippen LogP contribution in [0.2, 0.25) is 0 Å². The summed E-state index contributed by atoms with van der Waals surface area (Å²) in [6.45, 7) is 5.40. The number of nitrogens with one attached hydrogen (secondary N) is 1. The largest absolute Gasteiger partial charge is 0.444 e. The Morgan fingerprint density at radius 3 is 2.50 bits per heavy atom. The first kappa shape index (κ1) is 17.8. The van der Waals surface area contributed by atoms with Gasteiger partial charge in [-0.15, -0.1) is 11.3 Å². The van der Waals surface area contributed by atoms with Crippen molar-refractivity contribution in [1.29, 1.82) is 0 Å². The maximum Gasteiger partial charge on any atom is 0.412 e. The first-order valence-electron chi connectivity index (χ1n) is 7.87. The van der Waals surface area contributed by atoms with Crippen molar-refractivity contribution in [3.63, 3.8) is 0 Å². The minimum atomic E-state index is -0.568. The van der Waals surface area contributed by atoms with E-state index in [0.29, 0.717) is 5.69 Å². The molecule has 3 rings (SSSR count). The Morgan fingerprint density at radius 1 is 1.19 bits per heavy atom. The van der Waals surface area contributed by atoms with Crippen LogP contribution in [0.4, 0.5) is 16.2 Å². The van der Waals surface area contributed by atoms with Crippen molar-refractivity contribution in [3.05, 3.63) is 52.6 Å². The molecule has 134 valence electrons. The van der Waals surface area contributed by atoms with E-state index >= 15 is 0 Å². The highest BCUT2D eigenvalue weighted by molar-refractivity contribution is 7.21. The highest BCUT2D eigenvalue weighted by atomic mass is 32.1. The standard InChI is InChI=1S/C18H17N3O4S/c1-18(2,3)25-17(22)19-12-6-9-14-15(10-12)26-16(20-14)11-4-7-13(8-5-11)21(23)24/h4-10H,1-3H3,(H,19,22). The van der Waals surface area contributed by atoms with E-state index in [0.717, 1.165) is 20.8 Å². The molecule has 0 unspecified atom stereocenters. The van der Waals surface area contributed by atoms with Crippen molar-refractivity contribution >= 4 is 39.0 Å². The summed E-state index contributed by atoms with van der Waals surface area (Å²) in [6.07, 6.45) is -0.517. The number of nitro groups is 1. The fourth-order valence-corrected chi connectivity index (χ4v) is 3.28. The molecule has 0 saturated heterocycles. The SMILES string of the molecule is CC(C)(C)OC(=O)Nc1ccc2nc(-c3ccc([N+](=O)[O-])cc3)sc2c1. The molecule has 7 nitrogen and oxygen atoms in total. The van der Waals surface area contributed by atoms with E-state index in [1.54, 1.807) is 39.0 Å². The molecule has 0 aliphatic rings. The number of nitrogens with zero attached hydrogens (tertiary/aromatic N) is 2. The third kappa shape index (κ3) is 4.15. The van der Waals surface area contributed by atoms with Gasteiger partial charge in [0.1, 0.15) is 10.6 Å². The fourth-order valence-electron chi connectivity index (χ4n) is 2.27. The molecule has 0 radical (unpaired) electrons. The normalized spacial score (nSPS) is 11.3. The second-order valence-electron chi connectivity index (χ2n) is 6.63. The summed E-state index contributed by atoms with van der Waals surface area (Å²) in [5, 5.41) is 14.2. The molecule has 8 heteroatoms. The molecular formula is C18H17N3O4S. The summed E-state index contributed by atoms with van der Waals surface area (Å²) in [6, 6.07) is 11.7. The number of hydrogen-bond acceptors (Lipinski definition) is 6. The summed E-state index contributed by atoms with van der Waals surface area (Å²) >= 11 is 1.45. The smallest absolute Gasteiger partial charge is 0.412 e. The lowest BCUT2D eigenvalue weighted by molar-refractivity contribution is -0.384. The van der Waals surface area contributed by atoms with E-state index in [9.17, 15) is 14.9 Å². The number of hydrogen-bond donors (Lipinski definition) is 1. The zero-order valence-electron chi connectivity index (χ0n) is 14.5. The molecule has 1 heterocycles. The van der Waals surface area contributed by atoms with Crippen LogP contribution in [-0.4, -0.2) is 21.6 Å². The zero-order valence-corrected chi connectivity index (χ0v) is 15.3. The van der Waals surface area contributed by atoms with Crippen LogP contribution in [0.3, 0.4) is 0 Å². The van der Waals surface area contributed by atoms with Crippen molar-refractivity contribution < 1.29 is 14.5 Å². The van der Waals surface area contributed by atoms with E-state index in [4.69, 9.17) is 4.74 Å². The molecule has 1 amide bonds. The monoisotopic (exact) mass is 371 g/mol. The number of fused-ring (bicyclic) bond motifs is 1. The fraction of sp³-hybridized carbons (Fsp3) is 0.222. The first-order valence-corrected chi connectivity index (χ1v) is 8.68. The van der Waals surface area contributed by atoms with Gasteiger partial charge in [-0.2, -0.15) is 0 Å². The number of carbonyl (C=O) groups excluding carboxylic acids is 1. The number of anilines is 1. The van der Waals surface area contributed by atoms with Gasteiger partial charge in [-0.1, -0.05) is 0 Å². The van der Waals surface area contributed by atoms with Crippen molar-refractivity contribution in [2.75, 3.05) is 5.32 Å². The van der Waals surface area contributed by atoms with Crippen LogP contribution in [0.5, 0.6) is 0 Å². The van der Waals surface area contributed by atoms with E-state index in [-0.39, 0.29) is 5.69 Å². The van der Waals surface area contributed by atoms with Gasteiger partial charge in [0.15, 0.2) is 0 Å². The van der Waals surface area contributed by atoms with Gasteiger partial charge in [0.25, 0.3) is 5.69 Å². The van der Waals surface area contributed by atoms with Crippen molar-refractivity contribution in [2.24, 2.45) is 0 Å². The van der Waals surface area contributed by atoms with E-state index in [1.807, 2.05) is 12.1 Å². The van der Waals surface area contributed by atoms with Crippen LogP contribution in [-0.2, 0) is 4.74 Å². The zero-order chi connectivity index (χ0) is 18.9. The highest BCUT2D eigenvalue weighted by Crippen LogP contribution is 2.32. The van der Waals surface area contributed by atoms with Gasteiger partial charge in [0.2, 0.25) is 0 Å². The predicted molar refractivity (Wildman–Crippen MR) is 102 cm³/mol. The lowest BCUT2D eigenvalue weighted by Crippen LogP contribution is -2.27. The molecule has 0 atom stereocenters. The van der Waals surface area contributed by atoms with Gasteiger partial charge in [0.05, 0.1) is 15.1 Å². The second kappa shape index (κ2) is 6.72. The number of carbonyl (C=O) groups is 1. The molecule has 1 aromatic heterocycles. The van der Waals surface area contributed by atoms with Crippen LogP contribution in [0.1, 0.15) is 20.8 Å². The molecule has 1 N–H and O–H groups in total. The van der Waals surface area contributed by atoms with Gasteiger partial charge in [-0.05, 0) is 51.1 Å². The molecule has 0 bridgehead atoms. The highest BCUT2D eigenvalue weighted by Gasteiger charge is 2.16. The average molecular weight is 371 g/mol. The third-order valence-electron chi connectivity index (χ3n) is 3.36. The van der Waals surface area contributed by atoms with Crippen LogP contribution in [0, 0.1) is 10.1 Å². The lowest BCUT2D eigenvalue weighted by atomic mass is 10.2. The van der Waals surface area contributed by atoms with Gasteiger partial charge in [0, 0.05) is 23.4 Å². The van der Waals surface area contributed by atoms with Crippen LogP contribution < -0.4 is 5.32 Å². The molecule has 3 aromatic rings. The maximum atomic E-state index is 11.9. The van der Waals surface area contributed by atoms with E-state index in [2.05, 4.69) is 10.3 Å². The molecule has 0 fully saturated rings. The van der Waals surface area contributed by atoms with Gasteiger partial charge < -0.3 is 4.74 Å². The van der Waals surface area contributed by atoms with Gasteiger partial charge in [-0.25, -0.2) is 9.78 Å². The number of aromatic nitrogens is 1. The maximum absolute atomic E-state index is 11.9. The Balaban J connectivity index is 1.83. The molecule has 0 spiro atoms. The Labute approximate surface area is 153 Å². The summed E-state index contributed by atoms with van der Waals surface area (Å²) in [7, 11) is 0. The second-order valence-corrected chi connectivity index (χ2v) is 7.66. The number of ether oxygens (including phenoxy) is 1. The minimum Gasteiger partial charge on any atom is -0.444 e. The predicted octanol–water partition coefficient (Wildman–Crippen LogP) is 5.22. The minimum absolute atomic E-state index is 0.0405. The van der Waals surface area contributed by atoms with Crippen LogP contribution >= 0.6 is 11.3 Å². The Hall–Kier alpha value is -3.00. The molecule has 0 aliphatic carbocycles. The Bertz CT molecular complexity index is 974. The summed E-state index contributed by atoms with van der Waals surface area (Å²) in [4.78, 5) is 26.7. The average Bonchev–Trinajstić information content (AvgIpc) is 2.96. The number of amides is 1. The van der Waals surface area contributed by atoms with Crippen LogP contribution in [0.15, 0.2) is 42.5 Å². The van der Waals surface area contributed by atoms with Crippen molar-refractivity contribution in [1.82, 2.24) is 4.98 Å². The van der Waals surface area contributed by atoms with E-state index < -0.39 is 16.6 Å². The van der Waals surface area contributed by atoms with E-state index in [1.165, 1.54) is 23.5 Å². The molecule has 2 aromatic carbocycles. The number of rotatable bonds is 3. The number of nitro benzene ring substituents is 1. The van der Waals surface area contributed by atoms with Gasteiger partial charge >= 0.3 is 6.09 Å². The van der Waals surface area contributed by atoms with Crippen molar-refractivity contribution in [3.8, 4) is 10.6 Å². The first-order chi connectivity index (χ1) is 12.2.